The van der Waals surface area contributed by atoms with Crippen LogP contribution in [-0.2, 0) is 19.4 Å². The van der Waals surface area contributed by atoms with E-state index < -0.39 is 0 Å². The van der Waals surface area contributed by atoms with E-state index in [4.69, 9.17) is 14.5 Å². The fourth-order valence-electron chi connectivity index (χ4n) is 3.95. The van der Waals surface area contributed by atoms with E-state index in [1.807, 2.05) is 23.6 Å². The fourth-order valence-corrected chi connectivity index (χ4v) is 5.98. The van der Waals surface area contributed by atoms with Crippen LogP contribution in [0.4, 0.5) is 0 Å². The summed E-state index contributed by atoms with van der Waals surface area (Å²) in [7, 11) is 3.24. The molecule has 0 aliphatic heterocycles. The molecular weight excluding hydrogens is 418 g/mol. The third-order valence-corrected chi connectivity index (χ3v) is 7.60. The van der Waals surface area contributed by atoms with Crippen LogP contribution in [0.5, 0.6) is 11.5 Å². The van der Waals surface area contributed by atoms with Gasteiger partial charge in [0, 0.05) is 15.8 Å². The monoisotopic (exact) mass is 439 g/mol. The summed E-state index contributed by atoms with van der Waals surface area (Å²) in [6.07, 6.45) is 6.05. The SMILES string of the molecule is COc1ccc(-c2nc(Cn3cnc4sc5c(c4c3=O)CCCC5)cs2)cc1OC. The lowest BCUT2D eigenvalue weighted by Crippen LogP contribution is -2.21. The number of benzene rings is 1. The number of rotatable bonds is 5. The predicted octanol–water partition coefficient (Wildman–Crippen LogP) is 4.53. The van der Waals surface area contributed by atoms with Crippen molar-refractivity contribution in [2.24, 2.45) is 0 Å². The number of methoxy groups -OCH3 is 2. The van der Waals surface area contributed by atoms with E-state index in [0.29, 0.717) is 18.0 Å². The molecule has 0 saturated carbocycles. The molecule has 4 aromatic rings. The summed E-state index contributed by atoms with van der Waals surface area (Å²) in [5, 5.41) is 3.68. The molecule has 8 heteroatoms. The van der Waals surface area contributed by atoms with Crippen molar-refractivity contribution in [1.82, 2.24) is 14.5 Å². The molecule has 0 N–H and O–H groups in total. The Hall–Kier alpha value is -2.71. The van der Waals surface area contributed by atoms with E-state index in [2.05, 4.69) is 4.98 Å². The lowest BCUT2D eigenvalue weighted by molar-refractivity contribution is 0.355. The van der Waals surface area contributed by atoms with Crippen LogP contribution in [0.15, 0.2) is 34.7 Å². The predicted molar refractivity (Wildman–Crippen MR) is 120 cm³/mol. The number of thiophene rings is 1. The van der Waals surface area contributed by atoms with Crippen LogP contribution in [0, 0.1) is 0 Å². The molecule has 6 nitrogen and oxygen atoms in total. The van der Waals surface area contributed by atoms with Crippen LogP contribution in [0.25, 0.3) is 20.8 Å². The number of nitrogens with zero attached hydrogens (tertiary/aromatic N) is 3. The largest absolute Gasteiger partial charge is 0.493 e. The van der Waals surface area contributed by atoms with Gasteiger partial charge in [0.25, 0.3) is 5.56 Å². The highest BCUT2D eigenvalue weighted by molar-refractivity contribution is 7.18. The van der Waals surface area contributed by atoms with Gasteiger partial charge >= 0.3 is 0 Å². The molecule has 1 aliphatic rings. The summed E-state index contributed by atoms with van der Waals surface area (Å²) < 4.78 is 12.4. The molecule has 1 aliphatic carbocycles. The second kappa shape index (κ2) is 7.85. The van der Waals surface area contributed by atoms with Gasteiger partial charge in [-0.05, 0) is 49.4 Å². The highest BCUT2D eigenvalue weighted by atomic mass is 32.1. The number of hydrogen-bond acceptors (Lipinski definition) is 7. The zero-order valence-electron chi connectivity index (χ0n) is 16.8. The summed E-state index contributed by atoms with van der Waals surface area (Å²) in [4.78, 5) is 24.7. The molecule has 5 rings (SSSR count). The van der Waals surface area contributed by atoms with Crippen molar-refractivity contribution >= 4 is 32.9 Å². The average molecular weight is 440 g/mol. The molecule has 0 fully saturated rings. The van der Waals surface area contributed by atoms with Gasteiger partial charge in [-0.1, -0.05) is 0 Å². The fraction of sp³-hybridized carbons (Fsp3) is 0.318. The third kappa shape index (κ3) is 3.30. The summed E-state index contributed by atoms with van der Waals surface area (Å²) in [5.41, 5.74) is 3.06. The molecule has 0 radical (unpaired) electrons. The maximum atomic E-state index is 13.2. The second-order valence-corrected chi connectivity index (χ2v) is 9.22. The van der Waals surface area contributed by atoms with Crippen LogP contribution in [0.2, 0.25) is 0 Å². The summed E-state index contributed by atoms with van der Waals surface area (Å²) in [6.45, 7) is 0.413. The molecule has 0 saturated heterocycles. The Bertz CT molecular complexity index is 1290. The van der Waals surface area contributed by atoms with Gasteiger partial charge in [-0.2, -0.15) is 0 Å². The molecule has 30 heavy (non-hydrogen) atoms. The van der Waals surface area contributed by atoms with Crippen LogP contribution < -0.4 is 15.0 Å². The van der Waals surface area contributed by atoms with Gasteiger partial charge in [-0.25, -0.2) is 9.97 Å². The molecule has 0 bridgehead atoms. The molecule has 0 unspecified atom stereocenters. The highest BCUT2D eigenvalue weighted by Crippen LogP contribution is 2.35. The highest BCUT2D eigenvalue weighted by Gasteiger charge is 2.20. The van der Waals surface area contributed by atoms with Gasteiger partial charge < -0.3 is 9.47 Å². The lowest BCUT2D eigenvalue weighted by atomic mass is 9.97. The van der Waals surface area contributed by atoms with E-state index in [1.54, 1.807) is 47.8 Å². The number of fused-ring (bicyclic) bond motifs is 3. The Morgan fingerprint density at radius 3 is 2.80 bits per heavy atom. The third-order valence-electron chi connectivity index (χ3n) is 5.46. The van der Waals surface area contributed by atoms with Crippen molar-refractivity contribution < 1.29 is 9.47 Å². The molecule has 1 aromatic carbocycles. The maximum Gasteiger partial charge on any atom is 0.262 e. The Morgan fingerprint density at radius 1 is 1.13 bits per heavy atom. The van der Waals surface area contributed by atoms with Gasteiger partial charge in [0.05, 0.1) is 38.2 Å². The van der Waals surface area contributed by atoms with Crippen molar-refractivity contribution in [3.05, 3.63) is 56.4 Å². The Morgan fingerprint density at radius 2 is 1.97 bits per heavy atom. The first kappa shape index (κ1) is 19.3. The van der Waals surface area contributed by atoms with Crippen LogP contribution in [-0.4, -0.2) is 28.8 Å². The number of aryl methyl sites for hydroxylation is 2. The Balaban J connectivity index is 1.46. The van der Waals surface area contributed by atoms with Gasteiger partial charge in [-0.3, -0.25) is 9.36 Å². The number of aromatic nitrogens is 3. The van der Waals surface area contributed by atoms with Gasteiger partial charge in [0.15, 0.2) is 11.5 Å². The van der Waals surface area contributed by atoms with E-state index in [9.17, 15) is 4.79 Å². The molecule has 3 aromatic heterocycles. The summed E-state index contributed by atoms with van der Waals surface area (Å²) in [6, 6.07) is 5.75. The van der Waals surface area contributed by atoms with Crippen molar-refractivity contribution in [2.45, 2.75) is 32.2 Å². The zero-order valence-corrected chi connectivity index (χ0v) is 18.4. The Kier molecular flexibility index (Phi) is 5.04. The summed E-state index contributed by atoms with van der Waals surface area (Å²) in [5.74, 6) is 1.35. The maximum absolute atomic E-state index is 13.2. The van der Waals surface area contributed by atoms with Gasteiger partial charge in [-0.15, -0.1) is 22.7 Å². The second-order valence-electron chi connectivity index (χ2n) is 7.28. The minimum Gasteiger partial charge on any atom is -0.493 e. The average Bonchev–Trinajstić information content (AvgIpc) is 3.40. The molecule has 3 heterocycles. The zero-order chi connectivity index (χ0) is 20.7. The van der Waals surface area contributed by atoms with Crippen LogP contribution in [0.1, 0.15) is 29.0 Å². The first-order chi connectivity index (χ1) is 14.7. The molecule has 154 valence electrons. The van der Waals surface area contributed by atoms with Crippen molar-refractivity contribution in [1.29, 1.82) is 0 Å². The number of ether oxygens (including phenoxy) is 2. The van der Waals surface area contributed by atoms with Crippen molar-refractivity contribution in [3.8, 4) is 22.1 Å². The lowest BCUT2D eigenvalue weighted by Gasteiger charge is -2.10. The first-order valence-corrected chi connectivity index (χ1v) is 11.5. The minimum atomic E-state index is 0.0417. The number of hydrogen-bond donors (Lipinski definition) is 0. The quantitative estimate of drug-likeness (QED) is 0.457. The van der Waals surface area contributed by atoms with E-state index >= 15 is 0 Å². The minimum absolute atomic E-state index is 0.0417. The Labute approximate surface area is 181 Å². The topological polar surface area (TPSA) is 66.2 Å². The molecule has 0 atom stereocenters. The number of thiazole rings is 1. The standard InChI is InChI=1S/C22H21N3O3S2/c1-27-16-8-7-13(9-17(16)28-2)20-24-14(11-29-20)10-25-12-23-21-19(22(25)26)15-5-3-4-6-18(15)30-21/h7-9,11-12H,3-6,10H2,1-2H3. The van der Waals surface area contributed by atoms with E-state index in [1.165, 1.54) is 16.9 Å². The van der Waals surface area contributed by atoms with Gasteiger partial charge in [0.2, 0.25) is 0 Å². The first-order valence-electron chi connectivity index (χ1n) is 9.84. The molecule has 0 amide bonds. The molecule has 0 spiro atoms. The normalized spacial score (nSPS) is 13.4. The van der Waals surface area contributed by atoms with Crippen LogP contribution >= 0.6 is 22.7 Å². The van der Waals surface area contributed by atoms with Crippen LogP contribution in [0.3, 0.4) is 0 Å². The van der Waals surface area contributed by atoms with Crippen molar-refractivity contribution in [3.63, 3.8) is 0 Å². The van der Waals surface area contributed by atoms with Crippen molar-refractivity contribution in [2.75, 3.05) is 14.2 Å². The molecular formula is C22H21N3O3S2. The van der Waals surface area contributed by atoms with E-state index in [0.717, 1.165) is 45.7 Å². The van der Waals surface area contributed by atoms with Gasteiger partial charge in [0.1, 0.15) is 9.84 Å². The summed E-state index contributed by atoms with van der Waals surface area (Å²) >= 11 is 3.22. The smallest absolute Gasteiger partial charge is 0.262 e. The van der Waals surface area contributed by atoms with E-state index in [-0.39, 0.29) is 5.56 Å².